The van der Waals surface area contributed by atoms with E-state index >= 15 is 0 Å². The fourth-order valence-electron chi connectivity index (χ4n) is 1.67. The van der Waals surface area contributed by atoms with Crippen LogP contribution in [0.1, 0.15) is 24.6 Å². The van der Waals surface area contributed by atoms with Gasteiger partial charge in [0, 0.05) is 17.8 Å². The number of nitrogens with zero attached hydrogens (tertiary/aromatic N) is 1. The first-order valence-corrected chi connectivity index (χ1v) is 6.93. The predicted octanol–water partition coefficient (Wildman–Crippen LogP) is 2.73. The van der Waals surface area contributed by atoms with Crippen molar-refractivity contribution in [3.8, 4) is 0 Å². The lowest BCUT2D eigenvalue weighted by molar-refractivity contribution is -0.134. The van der Waals surface area contributed by atoms with Crippen molar-refractivity contribution in [1.29, 1.82) is 0 Å². The number of carbonyl (C=O) groups excluding carboxylic acids is 1. The molecular weight excluding hydrogens is 256 g/mol. The van der Waals surface area contributed by atoms with Gasteiger partial charge < -0.3 is 10.6 Å². The molecule has 1 aromatic heterocycles. The summed E-state index contributed by atoms with van der Waals surface area (Å²) in [6.07, 6.45) is 1.75. The standard InChI is InChI=1S/C12H19ClN2OS/c1-9(4-3-7-14)12(16)15(2)8-10-5-6-11(13)17-10/h5-6,9H,3-4,7-8,14H2,1-2H3. The molecule has 1 rings (SSSR count). The summed E-state index contributed by atoms with van der Waals surface area (Å²) in [6.45, 7) is 3.22. The Hall–Kier alpha value is -0.580. The van der Waals surface area contributed by atoms with Gasteiger partial charge in [-0.05, 0) is 31.5 Å². The molecule has 0 spiro atoms. The second kappa shape index (κ2) is 6.99. The van der Waals surface area contributed by atoms with Crippen LogP contribution in [0.15, 0.2) is 12.1 Å². The number of amides is 1. The number of thiophene rings is 1. The lowest BCUT2D eigenvalue weighted by atomic mass is 10.0. The predicted molar refractivity (Wildman–Crippen MR) is 73.3 cm³/mol. The lowest BCUT2D eigenvalue weighted by Crippen LogP contribution is -2.31. The normalized spacial score (nSPS) is 12.5. The molecule has 2 N–H and O–H groups in total. The molecule has 1 heterocycles. The van der Waals surface area contributed by atoms with Crippen LogP contribution in [0.2, 0.25) is 4.34 Å². The molecule has 5 heteroatoms. The van der Waals surface area contributed by atoms with Crippen LogP contribution in [0.4, 0.5) is 0 Å². The number of rotatable bonds is 6. The zero-order chi connectivity index (χ0) is 12.8. The van der Waals surface area contributed by atoms with Crippen LogP contribution < -0.4 is 5.73 Å². The average molecular weight is 275 g/mol. The van der Waals surface area contributed by atoms with Gasteiger partial charge in [-0.1, -0.05) is 18.5 Å². The van der Waals surface area contributed by atoms with Crippen LogP contribution in [0.5, 0.6) is 0 Å². The fraction of sp³-hybridized carbons (Fsp3) is 0.583. The Morgan fingerprint density at radius 3 is 2.82 bits per heavy atom. The van der Waals surface area contributed by atoms with E-state index in [4.69, 9.17) is 17.3 Å². The van der Waals surface area contributed by atoms with Gasteiger partial charge in [0.15, 0.2) is 0 Å². The Balaban J connectivity index is 2.46. The Labute approximate surface area is 112 Å². The first kappa shape index (κ1) is 14.5. The first-order valence-electron chi connectivity index (χ1n) is 5.74. The number of carbonyl (C=O) groups is 1. The minimum absolute atomic E-state index is 0.0407. The average Bonchev–Trinajstić information content (AvgIpc) is 2.70. The third-order valence-corrected chi connectivity index (χ3v) is 3.88. The molecule has 0 aliphatic heterocycles. The van der Waals surface area contributed by atoms with Crippen LogP contribution in [-0.4, -0.2) is 24.4 Å². The van der Waals surface area contributed by atoms with Crippen molar-refractivity contribution in [2.24, 2.45) is 11.7 Å². The summed E-state index contributed by atoms with van der Waals surface area (Å²) < 4.78 is 0.761. The quantitative estimate of drug-likeness (QED) is 0.867. The van der Waals surface area contributed by atoms with Crippen LogP contribution in [-0.2, 0) is 11.3 Å². The fourth-order valence-corrected chi connectivity index (χ4v) is 2.81. The van der Waals surface area contributed by atoms with Gasteiger partial charge in [-0.25, -0.2) is 0 Å². The minimum Gasteiger partial charge on any atom is -0.340 e. The van der Waals surface area contributed by atoms with Gasteiger partial charge >= 0.3 is 0 Å². The summed E-state index contributed by atoms with van der Waals surface area (Å²) in [6, 6.07) is 3.82. The zero-order valence-corrected chi connectivity index (χ0v) is 11.9. The molecule has 0 aromatic carbocycles. The third kappa shape index (κ3) is 4.66. The molecule has 0 fully saturated rings. The van der Waals surface area contributed by atoms with Crippen LogP contribution in [0, 0.1) is 5.92 Å². The lowest BCUT2D eigenvalue weighted by Gasteiger charge is -2.20. The first-order chi connectivity index (χ1) is 8.04. The molecule has 0 bridgehead atoms. The highest BCUT2D eigenvalue weighted by atomic mass is 35.5. The monoisotopic (exact) mass is 274 g/mol. The van der Waals surface area contributed by atoms with Gasteiger partial charge in [0.05, 0.1) is 10.9 Å². The number of hydrogen-bond acceptors (Lipinski definition) is 3. The summed E-state index contributed by atoms with van der Waals surface area (Å²) >= 11 is 7.37. The molecule has 0 saturated carbocycles. The largest absolute Gasteiger partial charge is 0.340 e. The van der Waals surface area contributed by atoms with Crippen molar-refractivity contribution in [2.45, 2.75) is 26.3 Å². The second-order valence-electron chi connectivity index (χ2n) is 4.23. The summed E-state index contributed by atoms with van der Waals surface area (Å²) in [4.78, 5) is 14.9. The molecule has 1 unspecified atom stereocenters. The maximum atomic E-state index is 12.0. The van der Waals surface area contributed by atoms with Crippen molar-refractivity contribution in [3.05, 3.63) is 21.3 Å². The van der Waals surface area contributed by atoms with E-state index < -0.39 is 0 Å². The molecule has 17 heavy (non-hydrogen) atoms. The van der Waals surface area contributed by atoms with E-state index in [1.165, 1.54) is 11.3 Å². The zero-order valence-electron chi connectivity index (χ0n) is 10.3. The highest BCUT2D eigenvalue weighted by molar-refractivity contribution is 7.16. The van der Waals surface area contributed by atoms with Crippen molar-refractivity contribution in [3.63, 3.8) is 0 Å². The van der Waals surface area contributed by atoms with Gasteiger partial charge in [0.25, 0.3) is 0 Å². The van der Waals surface area contributed by atoms with Crippen molar-refractivity contribution >= 4 is 28.8 Å². The van der Waals surface area contributed by atoms with E-state index in [-0.39, 0.29) is 11.8 Å². The van der Waals surface area contributed by atoms with Gasteiger partial charge in [-0.2, -0.15) is 0 Å². The molecule has 96 valence electrons. The third-order valence-electron chi connectivity index (χ3n) is 2.66. The Morgan fingerprint density at radius 1 is 1.59 bits per heavy atom. The highest BCUT2D eigenvalue weighted by Gasteiger charge is 2.17. The Morgan fingerprint density at radius 2 is 2.29 bits per heavy atom. The Kier molecular flexibility index (Phi) is 5.95. The summed E-state index contributed by atoms with van der Waals surface area (Å²) in [5, 5.41) is 0. The van der Waals surface area contributed by atoms with Crippen LogP contribution in [0.3, 0.4) is 0 Å². The van der Waals surface area contributed by atoms with Crippen LogP contribution in [0.25, 0.3) is 0 Å². The summed E-state index contributed by atoms with van der Waals surface area (Å²) in [5.74, 6) is 0.210. The van der Waals surface area contributed by atoms with Crippen LogP contribution >= 0.6 is 22.9 Å². The van der Waals surface area contributed by atoms with Gasteiger partial charge in [-0.3, -0.25) is 4.79 Å². The summed E-state index contributed by atoms with van der Waals surface area (Å²) in [5.41, 5.74) is 5.44. The van der Waals surface area contributed by atoms with Gasteiger partial charge in [-0.15, -0.1) is 11.3 Å². The molecule has 1 amide bonds. The second-order valence-corrected chi connectivity index (χ2v) is 6.03. The maximum absolute atomic E-state index is 12.0. The van der Waals surface area contributed by atoms with E-state index in [1.54, 1.807) is 4.90 Å². The minimum atomic E-state index is 0.0407. The molecule has 0 aliphatic rings. The molecule has 0 radical (unpaired) electrons. The van der Waals surface area contributed by atoms with E-state index in [0.717, 1.165) is 22.1 Å². The molecular formula is C12H19ClN2OS. The van der Waals surface area contributed by atoms with Crippen molar-refractivity contribution in [2.75, 3.05) is 13.6 Å². The molecule has 0 saturated heterocycles. The Bertz CT molecular complexity index is 367. The molecule has 3 nitrogen and oxygen atoms in total. The number of halogens is 1. The molecule has 0 aliphatic carbocycles. The van der Waals surface area contributed by atoms with Crippen molar-refractivity contribution in [1.82, 2.24) is 4.90 Å². The topological polar surface area (TPSA) is 46.3 Å². The SMILES string of the molecule is CC(CCCN)C(=O)N(C)Cc1ccc(Cl)s1. The van der Waals surface area contributed by atoms with E-state index in [1.807, 2.05) is 26.1 Å². The van der Waals surface area contributed by atoms with E-state index in [0.29, 0.717) is 13.1 Å². The van der Waals surface area contributed by atoms with E-state index in [9.17, 15) is 4.79 Å². The number of nitrogens with two attached hydrogens (primary N) is 1. The maximum Gasteiger partial charge on any atom is 0.225 e. The molecule has 1 atom stereocenters. The van der Waals surface area contributed by atoms with Gasteiger partial charge in [0.2, 0.25) is 5.91 Å². The van der Waals surface area contributed by atoms with E-state index in [2.05, 4.69) is 0 Å². The number of hydrogen-bond donors (Lipinski definition) is 1. The summed E-state index contributed by atoms with van der Waals surface area (Å²) in [7, 11) is 1.83. The van der Waals surface area contributed by atoms with Crippen molar-refractivity contribution < 1.29 is 4.79 Å². The smallest absolute Gasteiger partial charge is 0.225 e. The molecule has 1 aromatic rings. The highest BCUT2D eigenvalue weighted by Crippen LogP contribution is 2.23. The van der Waals surface area contributed by atoms with Gasteiger partial charge in [0.1, 0.15) is 0 Å².